The molecule has 0 fully saturated rings. The smallest absolute Gasteiger partial charge is 0.252 e. The monoisotopic (exact) mass is 765 g/mol. The van der Waals surface area contributed by atoms with Crippen LogP contribution in [0.5, 0.6) is 0 Å². The molecule has 298 valence electrons. The minimum absolute atomic E-state index is 0.00769. The van der Waals surface area contributed by atoms with Crippen LogP contribution in [-0.4, -0.2) is 11.3 Å². The second kappa shape index (κ2) is 11.5. The lowest BCUT2D eigenvalue weighted by molar-refractivity contribution is 0.332. The van der Waals surface area contributed by atoms with Crippen molar-refractivity contribution in [2.24, 2.45) is 0 Å². The van der Waals surface area contributed by atoms with Gasteiger partial charge in [0.1, 0.15) is 0 Å². The molecular weight excluding hydrogens is 699 g/mol. The van der Waals surface area contributed by atoms with Gasteiger partial charge in [0.15, 0.2) is 0 Å². The van der Waals surface area contributed by atoms with Gasteiger partial charge in [0.05, 0.1) is 5.52 Å². The first-order chi connectivity index (χ1) is 26.9. The number of nitrogens with zero attached hydrogens (tertiary/aromatic N) is 2. The highest BCUT2D eigenvalue weighted by atomic mass is 15.2. The van der Waals surface area contributed by atoms with Gasteiger partial charge in [-0.05, 0) is 169 Å². The summed E-state index contributed by atoms with van der Waals surface area (Å²) >= 11 is 0. The van der Waals surface area contributed by atoms with Crippen molar-refractivity contribution in [3.63, 3.8) is 0 Å². The molecule has 5 aromatic carbocycles. The normalized spacial score (nSPS) is 19.5. The third-order valence-corrected chi connectivity index (χ3v) is 15.6. The van der Waals surface area contributed by atoms with Gasteiger partial charge in [-0.1, -0.05) is 121 Å². The number of benzene rings is 5. The predicted molar refractivity (Wildman–Crippen MR) is 253 cm³/mol. The van der Waals surface area contributed by atoms with E-state index in [4.69, 9.17) is 0 Å². The van der Waals surface area contributed by atoms with Crippen LogP contribution >= 0.6 is 0 Å². The molecule has 0 bridgehead atoms. The van der Waals surface area contributed by atoms with E-state index in [1.807, 2.05) is 0 Å². The van der Waals surface area contributed by atoms with Crippen LogP contribution in [0, 0.1) is 6.92 Å². The van der Waals surface area contributed by atoms with Crippen LogP contribution in [0.3, 0.4) is 0 Å². The van der Waals surface area contributed by atoms with Gasteiger partial charge in [-0.25, -0.2) is 0 Å². The Kier molecular flexibility index (Phi) is 7.55. The van der Waals surface area contributed by atoms with Crippen LogP contribution in [0.15, 0.2) is 72.8 Å². The molecule has 0 saturated carbocycles. The van der Waals surface area contributed by atoms with Crippen LogP contribution in [0.25, 0.3) is 27.5 Å². The molecule has 0 spiro atoms. The minimum Gasteiger partial charge on any atom is -0.311 e. The van der Waals surface area contributed by atoms with Crippen LogP contribution in [-0.2, 0) is 32.5 Å². The van der Waals surface area contributed by atoms with Crippen molar-refractivity contribution < 1.29 is 0 Å². The van der Waals surface area contributed by atoms with Crippen molar-refractivity contribution in [3.8, 4) is 5.69 Å². The van der Waals surface area contributed by atoms with E-state index in [0.29, 0.717) is 0 Å². The summed E-state index contributed by atoms with van der Waals surface area (Å²) in [6, 6.07) is 30.4. The van der Waals surface area contributed by atoms with Gasteiger partial charge < -0.3 is 9.47 Å². The molecule has 0 radical (unpaired) electrons. The fourth-order valence-electron chi connectivity index (χ4n) is 11.6. The molecule has 0 unspecified atom stereocenters. The second-order valence-electron chi connectivity index (χ2n) is 23.7. The maximum absolute atomic E-state index is 2.70. The van der Waals surface area contributed by atoms with Crippen molar-refractivity contribution in [1.29, 1.82) is 0 Å². The third-order valence-electron chi connectivity index (χ3n) is 15.6. The molecule has 0 saturated heterocycles. The predicted octanol–water partition coefficient (Wildman–Crippen LogP) is 13.0. The van der Waals surface area contributed by atoms with E-state index in [0.717, 1.165) is 0 Å². The molecule has 0 N–H and O–H groups in total. The van der Waals surface area contributed by atoms with Crippen molar-refractivity contribution in [1.82, 2.24) is 4.57 Å². The molecule has 2 nitrogen and oxygen atoms in total. The number of aryl methyl sites for hydroxylation is 1. The molecule has 3 heterocycles. The van der Waals surface area contributed by atoms with E-state index in [9.17, 15) is 0 Å². The largest absolute Gasteiger partial charge is 0.311 e. The Balaban J connectivity index is 1.37. The summed E-state index contributed by atoms with van der Waals surface area (Å²) < 4.78 is 2.66. The summed E-state index contributed by atoms with van der Waals surface area (Å²) in [4.78, 5) is 2.70. The van der Waals surface area contributed by atoms with E-state index in [1.165, 1.54) is 126 Å². The summed E-state index contributed by atoms with van der Waals surface area (Å²) in [5, 5.41) is 2.76. The molecule has 4 aliphatic rings. The Morgan fingerprint density at radius 2 is 1.05 bits per heavy atom. The zero-order chi connectivity index (χ0) is 41.4. The van der Waals surface area contributed by atoms with E-state index in [1.54, 1.807) is 0 Å². The van der Waals surface area contributed by atoms with E-state index in [-0.39, 0.29) is 39.2 Å². The van der Waals surface area contributed by atoms with E-state index < -0.39 is 0 Å². The van der Waals surface area contributed by atoms with Crippen LogP contribution in [0.2, 0.25) is 0 Å². The number of hydrogen-bond acceptors (Lipinski definition) is 1. The quantitative estimate of drug-likeness (QED) is 0.151. The van der Waals surface area contributed by atoms with E-state index >= 15 is 0 Å². The van der Waals surface area contributed by atoms with Gasteiger partial charge >= 0.3 is 0 Å². The Labute approximate surface area is 349 Å². The lowest BCUT2D eigenvalue weighted by atomic mass is 9.33. The molecule has 0 amide bonds. The SMILES string of the molecule is Cc1cc2c3c(c1)-n1c4ccc(C(C)(C)C)cc4c4cc(C(C)(C)C)cc(c41)B3c1cc3c(cc1N2c1ccc2c(c1)C(C)(C)CCC2(C)C)C(C)(C)CCC3(C)C. The highest BCUT2D eigenvalue weighted by Gasteiger charge is 2.47. The highest BCUT2D eigenvalue weighted by molar-refractivity contribution is 7.00. The van der Waals surface area contributed by atoms with Gasteiger partial charge in [-0.15, -0.1) is 0 Å². The third kappa shape index (κ3) is 5.23. The van der Waals surface area contributed by atoms with Gasteiger partial charge in [-0.2, -0.15) is 0 Å². The number of hydrogen-bond donors (Lipinski definition) is 0. The molecule has 6 aromatic rings. The molecular formula is C55H65BN2. The standard InChI is InChI=1S/C55H65BN2/c1-32-24-46-48-47(25-32)58-44-19-16-33(50(2,3)4)26-36(44)37-27-34(51(5,6)7)28-43(49(37)58)56(48)42-30-40-41(55(14,15)23-22-54(40,12)13)31-45(42)57(46)35-17-18-38-39(29-35)53(10,11)21-20-52(38,8)9/h16-19,24-31H,20-23H2,1-15H3. The van der Waals surface area contributed by atoms with Crippen molar-refractivity contribution >= 4 is 62.0 Å². The molecule has 2 aliphatic carbocycles. The summed E-state index contributed by atoms with van der Waals surface area (Å²) in [5.74, 6) is 0. The topological polar surface area (TPSA) is 8.17 Å². The van der Waals surface area contributed by atoms with Crippen molar-refractivity contribution in [2.45, 2.75) is 162 Å². The summed E-state index contributed by atoms with van der Waals surface area (Å²) in [6.07, 6.45) is 4.81. The first-order valence-electron chi connectivity index (χ1n) is 22.3. The fourth-order valence-corrected chi connectivity index (χ4v) is 11.6. The maximum Gasteiger partial charge on any atom is 0.252 e. The average Bonchev–Trinajstić information content (AvgIpc) is 3.46. The highest BCUT2D eigenvalue weighted by Crippen LogP contribution is 2.52. The number of aromatic nitrogens is 1. The van der Waals surface area contributed by atoms with Gasteiger partial charge in [-0.3, -0.25) is 0 Å². The first-order valence-corrected chi connectivity index (χ1v) is 22.3. The molecule has 58 heavy (non-hydrogen) atoms. The summed E-state index contributed by atoms with van der Waals surface area (Å²) in [7, 11) is 0. The lowest BCUT2D eigenvalue weighted by Crippen LogP contribution is -2.61. The molecule has 2 aliphatic heterocycles. The zero-order valence-electron chi connectivity index (χ0n) is 38.2. The van der Waals surface area contributed by atoms with Gasteiger partial charge in [0, 0.05) is 39.0 Å². The summed E-state index contributed by atoms with van der Waals surface area (Å²) in [5.41, 5.74) is 23.1. The summed E-state index contributed by atoms with van der Waals surface area (Å²) in [6.45, 7) is 36.4. The van der Waals surface area contributed by atoms with E-state index in [2.05, 4.69) is 186 Å². The Hall–Kier alpha value is -4.24. The first kappa shape index (κ1) is 38.0. The maximum atomic E-state index is 2.70. The van der Waals surface area contributed by atoms with Crippen LogP contribution in [0.1, 0.15) is 162 Å². The van der Waals surface area contributed by atoms with Crippen LogP contribution < -0.4 is 21.3 Å². The number of rotatable bonds is 1. The number of fused-ring (bicyclic) bond motifs is 9. The lowest BCUT2D eigenvalue weighted by Gasteiger charge is -2.47. The second-order valence-corrected chi connectivity index (χ2v) is 23.7. The van der Waals surface area contributed by atoms with Crippen molar-refractivity contribution in [2.75, 3.05) is 4.90 Å². The van der Waals surface area contributed by atoms with Crippen molar-refractivity contribution in [3.05, 3.63) is 112 Å². The Bertz CT molecular complexity index is 2770. The Morgan fingerprint density at radius 3 is 1.67 bits per heavy atom. The van der Waals surface area contributed by atoms with Crippen LogP contribution in [0.4, 0.5) is 17.1 Å². The molecule has 10 rings (SSSR count). The fraction of sp³-hybridized carbons (Fsp3) is 0.455. The van der Waals surface area contributed by atoms with Gasteiger partial charge in [0.2, 0.25) is 0 Å². The van der Waals surface area contributed by atoms with Gasteiger partial charge in [0.25, 0.3) is 6.71 Å². The molecule has 0 atom stereocenters. The average molecular weight is 765 g/mol. The number of anilines is 3. The molecule has 3 heteroatoms. The molecule has 1 aromatic heterocycles. The minimum atomic E-state index is -0.00769. The zero-order valence-corrected chi connectivity index (χ0v) is 38.2. The Morgan fingerprint density at radius 1 is 0.500 bits per heavy atom.